The van der Waals surface area contributed by atoms with E-state index in [1.807, 2.05) is 24.3 Å². The smallest absolute Gasteiger partial charge is 0.308 e. The molecule has 4 nitrogen and oxygen atoms in total. The Hall–Kier alpha value is -1.39. The molecule has 2 atom stereocenters. The van der Waals surface area contributed by atoms with Gasteiger partial charge in [0.15, 0.2) is 0 Å². The van der Waals surface area contributed by atoms with Crippen LogP contribution >= 0.6 is 0 Å². The topological polar surface area (TPSA) is 72.5 Å². The molecule has 0 saturated heterocycles. The summed E-state index contributed by atoms with van der Waals surface area (Å²) in [6.45, 7) is 2.07. The minimum Gasteiger partial charge on any atom is -0.466 e. The fourth-order valence-electron chi connectivity index (χ4n) is 2.47. The van der Waals surface area contributed by atoms with Gasteiger partial charge in [-0.15, -0.1) is 0 Å². The molecule has 0 saturated carbocycles. The Kier molecular flexibility index (Phi) is 3.68. The normalized spacial score (nSPS) is 26.5. The van der Waals surface area contributed by atoms with Gasteiger partial charge in [-0.2, -0.15) is 0 Å². The van der Waals surface area contributed by atoms with Gasteiger partial charge < -0.3 is 15.6 Å². The van der Waals surface area contributed by atoms with Crippen LogP contribution in [0.5, 0.6) is 0 Å². The molecule has 0 amide bonds. The first kappa shape index (κ1) is 13.1. The van der Waals surface area contributed by atoms with Gasteiger partial charge in [0.25, 0.3) is 0 Å². The standard InChI is InChI=1S/C14H19NO3/c1-2-18-13(16)9-14(17)8-11-6-4-3-5-10(11)7-12(14)15/h3-6,12,17H,2,7-9,15H2,1H3/t12-,14+/m1/s1. The minimum atomic E-state index is -1.19. The van der Waals surface area contributed by atoms with Gasteiger partial charge in [-0.1, -0.05) is 24.3 Å². The van der Waals surface area contributed by atoms with E-state index in [0.717, 1.165) is 11.1 Å². The van der Waals surface area contributed by atoms with Gasteiger partial charge in [0.2, 0.25) is 0 Å². The van der Waals surface area contributed by atoms with Crippen molar-refractivity contribution >= 4 is 5.97 Å². The number of rotatable bonds is 3. The van der Waals surface area contributed by atoms with Crippen LogP contribution in [0.1, 0.15) is 24.5 Å². The Morgan fingerprint density at radius 3 is 2.83 bits per heavy atom. The number of carbonyl (C=O) groups is 1. The Balaban J connectivity index is 2.17. The van der Waals surface area contributed by atoms with E-state index in [9.17, 15) is 9.90 Å². The second-order valence-electron chi connectivity index (χ2n) is 4.84. The predicted molar refractivity (Wildman–Crippen MR) is 68.0 cm³/mol. The molecule has 0 radical (unpaired) electrons. The van der Waals surface area contributed by atoms with E-state index in [1.165, 1.54) is 0 Å². The van der Waals surface area contributed by atoms with E-state index >= 15 is 0 Å². The van der Waals surface area contributed by atoms with Crippen molar-refractivity contribution in [3.63, 3.8) is 0 Å². The van der Waals surface area contributed by atoms with E-state index in [4.69, 9.17) is 10.5 Å². The van der Waals surface area contributed by atoms with Crippen molar-refractivity contribution < 1.29 is 14.6 Å². The SMILES string of the molecule is CCOC(=O)C[C@@]1(O)Cc2ccccc2C[C@H]1N. The van der Waals surface area contributed by atoms with Gasteiger partial charge in [-0.25, -0.2) is 0 Å². The summed E-state index contributed by atoms with van der Waals surface area (Å²) in [7, 11) is 0. The molecule has 0 heterocycles. The number of fused-ring (bicyclic) bond motifs is 1. The average molecular weight is 249 g/mol. The highest BCUT2D eigenvalue weighted by atomic mass is 16.5. The number of benzene rings is 1. The lowest BCUT2D eigenvalue weighted by Gasteiger charge is -2.38. The number of esters is 1. The second-order valence-corrected chi connectivity index (χ2v) is 4.84. The third-order valence-electron chi connectivity index (χ3n) is 3.50. The fourth-order valence-corrected chi connectivity index (χ4v) is 2.47. The van der Waals surface area contributed by atoms with E-state index in [-0.39, 0.29) is 6.42 Å². The van der Waals surface area contributed by atoms with Crippen LogP contribution in [0.2, 0.25) is 0 Å². The molecule has 1 aliphatic rings. The summed E-state index contributed by atoms with van der Waals surface area (Å²) in [5, 5.41) is 10.6. The van der Waals surface area contributed by atoms with Gasteiger partial charge >= 0.3 is 5.97 Å². The first-order valence-corrected chi connectivity index (χ1v) is 6.25. The number of hydrogen-bond donors (Lipinski definition) is 2. The summed E-state index contributed by atoms with van der Waals surface area (Å²) >= 11 is 0. The van der Waals surface area contributed by atoms with Crippen LogP contribution in [0.3, 0.4) is 0 Å². The number of aliphatic hydroxyl groups is 1. The second kappa shape index (κ2) is 5.08. The number of carbonyl (C=O) groups excluding carboxylic acids is 1. The van der Waals surface area contributed by atoms with Gasteiger partial charge in [0, 0.05) is 12.5 Å². The number of ether oxygens (including phenoxy) is 1. The van der Waals surface area contributed by atoms with Crippen LogP contribution in [-0.2, 0) is 22.4 Å². The predicted octanol–water partition coefficient (Wildman–Crippen LogP) is 0.797. The van der Waals surface area contributed by atoms with Crippen LogP contribution in [0, 0.1) is 0 Å². The molecule has 3 N–H and O–H groups in total. The van der Waals surface area contributed by atoms with Crippen LogP contribution in [0.25, 0.3) is 0 Å². The molecule has 1 aromatic rings. The fraction of sp³-hybridized carbons (Fsp3) is 0.500. The van der Waals surface area contributed by atoms with Gasteiger partial charge in [-0.05, 0) is 24.5 Å². The third-order valence-corrected chi connectivity index (χ3v) is 3.50. The average Bonchev–Trinajstić information content (AvgIpc) is 2.30. The zero-order valence-corrected chi connectivity index (χ0v) is 10.6. The molecule has 98 valence electrons. The minimum absolute atomic E-state index is 0.0453. The first-order valence-electron chi connectivity index (χ1n) is 6.25. The largest absolute Gasteiger partial charge is 0.466 e. The highest BCUT2D eigenvalue weighted by Crippen LogP contribution is 2.30. The molecule has 1 aliphatic carbocycles. The maximum Gasteiger partial charge on any atom is 0.308 e. The van der Waals surface area contributed by atoms with E-state index in [0.29, 0.717) is 19.4 Å². The van der Waals surface area contributed by atoms with Crippen molar-refractivity contribution in [2.75, 3.05) is 6.61 Å². The van der Waals surface area contributed by atoms with Crippen LogP contribution < -0.4 is 5.73 Å². The Bertz CT molecular complexity index is 446. The lowest BCUT2D eigenvalue weighted by Crippen LogP contribution is -2.54. The van der Waals surface area contributed by atoms with Gasteiger partial charge in [0.05, 0.1) is 18.6 Å². The molecule has 0 aromatic heterocycles. The molecule has 0 spiro atoms. The maximum atomic E-state index is 11.5. The molecule has 2 rings (SSSR count). The third kappa shape index (κ3) is 2.54. The van der Waals surface area contributed by atoms with Crippen molar-refractivity contribution in [2.45, 2.75) is 37.8 Å². The maximum absolute atomic E-state index is 11.5. The van der Waals surface area contributed by atoms with Crippen molar-refractivity contribution in [3.05, 3.63) is 35.4 Å². The molecular formula is C14H19NO3. The summed E-state index contributed by atoms with van der Waals surface area (Å²) in [4.78, 5) is 11.5. The van der Waals surface area contributed by atoms with E-state index in [2.05, 4.69) is 0 Å². The molecular weight excluding hydrogens is 230 g/mol. The number of hydrogen-bond acceptors (Lipinski definition) is 4. The molecule has 0 fully saturated rings. The summed E-state index contributed by atoms with van der Waals surface area (Å²) in [5.41, 5.74) is 7.03. The summed E-state index contributed by atoms with van der Waals surface area (Å²) in [6.07, 6.45) is 0.950. The molecule has 1 aromatic carbocycles. The zero-order valence-electron chi connectivity index (χ0n) is 10.6. The lowest BCUT2D eigenvalue weighted by molar-refractivity contribution is -0.149. The summed E-state index contributed by atoms with van der Waals surface area (Å²) in [6, 6.07) is 7.44. The van der Waals surface area contributed by atoms with Crippen LogP contribution in [0.4, 0.5) is 0 Å². The molecule has 0 unspecified atom stereocenters. The van der Waals surface area contributed by atoms with Gasteiger partial charge in [0.1, 0.15) is 0 Å². The van der Waals surface area contributed by atoms with Crippen molar-refractivity contribution in [2.24, 2.45) is 5.73 Å². The molecule has 0 bridgehead atoms. The summed E-state index contributed by atoms with van der Waals surface area (Å²) in [5.74, 6) is -0.394. The Morgan fingerprint density at radius 2 is 2.17 bits per heavy atom. The first-order chi connectivity index (χ1) is 8.55. The van der Waals surface area contributed by atoms with Gasteiger partial charge in [-0.3, -0.25) is 4.79 Å². The zero-order chi connectivity index (χ0) is 13.2. The van der Waals surface area contributed by atoms with E-state index in [1.54, 1.807) is 6.92 Å². The van der Waals surface area contributed by atoms with Crippen molar-refractivity contribution in [3.8, 4) is 0 Å². The van der Waals surface area contributed by atoms with Crippen LogP contribution in [0.15, 0.2) is 24.3 Å². The number of nitrogens with two attached hydrogens (primary N) is 1. The van der Waals surface area contributed by atoms with Crippen molar-refractivity contribution in [1.29, 1.82) is 0 Å². The Morgan fingerprint density at radius 1 is 1.50 bits per heavy atom. The molecule has 18 heavy (non-hydrogen) atoms. The van der Waals surface area contributed by atoms with E-state index < -0.39 is 17.6 Å². The highest BCUT2D eigenvalue weighted by Gasteiger charge is 2.41. The van der Waals surface area contributed by atoms with Crippen LogP contribution in [-0.4, -0.2) is 29.3 Å². The summed E-state index contributed by atoms with van der Waals surface area (Å²) < 4.78 is 4.89. The lowest BCUT2D eigenvalue weighted by atomic mass is 9.75. The molecule has 0 aliphatic heterocycles. The van der Waals surface area contributed by atoms with Crippen molar-refractivity contribution in [1.82, 2.24) is 0 Å². The highest BCUT2D eigenvalue weighted by molar-refractivity contribution is 5.71. The Labute approximate surface area is 107 Å². The monoisotopic (exact) mass is 249 g/mol. The molecule has 4 heteroatoms. The quantitative estimate of drug-likeness (QED) is 0.777.